The predicted octanol–water partition coefficient (Wildman–Crippen LogP) is 5.72. The summed E-state index contributed by atoms with van der Waals surface area (Å²) >= 11 is 12.2. The maximum Gasteiger partial charge on any atom is 0.0409 e. The van der Waals surface area contributed by atoms with Gasteiger partial charge in [0.15, 0.2) is 0 Å². The molecule has 1 aliphatic carbocycles. The van der Waals surface area contributed by atoms with Crippen LogP contribution in [0.15, 0.2) is 42.5 Å². The Morgan fingerprint density at radius 3 is 2.71 bits per heavy atom. The molecule has 0 spiro atoms. The summed E-state index contributed by atoms with van der Waals surface area (Å²) in [5.41, 5.74) is 4.02. The van der Waals surface area contributed by atoms with E-state index in [1.807, 2.05) is 18.2 Å². The average molecular weight is 320 g/mol. The molecular formula is C18H19Cl2N. The highest BCUT2D eigenvalue weighted by Crippen LogP contribution is 2.35. The van der Waals surface area contributed by atoms with Gasteiger partial charge in [0.1, 0.15) is 0 Å². The van der Waals surface area contributed by atoms with Gasteiger partial charge in [0.05, 0.1) is 0 Å². The third kappa shape index (κ3) is 3.26. The molecule has 3 rings (SSSR count). The lowest BCUT2D eigenvalue weighted by Gasteiger charge is -2.23. The summed E-state index contributed by atoms with van der Waals surface area (Å²) in [6, 6.07) is 15.1. The molecule has 1 aliphatic rings. The molecule has 0 bridgehead atoms. The molecule has 0 saturated heterocycles. The van der Waals surface area contributed by atoms with Crippen molar-refractivity contribution in [3.05, 3.63) is 69.2 Å². The highest BCUT2D eigenvalue weighted by molar-refractivity contribution is 6.30. The van der Waals surface area contributed by atoms with Gasteiger partial charge in [-0.05, 0) is 60.2 Å². The Bertz CT molecular complexity index is 639. The monoisotopic (exact) mass is 319 g/mol. The van der Waals surface area contributed by atoms with Crippen molar-refractivity contribution in [2.45, 2.75) is 38.3 Å². The van der Waals surface area contributed by atoms with E-state index in [1.165, 1.54) is 16.7 Å². The molecule has 1 N–H and O–H groups in total. The maximum absolute atomic E-state index is 6.12. The van der Waals surface area contributed by atoms with Crippen LogP contribution in [0.5, 0.6) is 0 Å². The number of aryl methyl sites for hydroxylation is 1. The van der Waals surface area contributed by atoms with Crippen molar-refractivity contribution in [3.63, 3.8) is 0 Å². The van der Waals surface area contributed by atoms with Gasteiger partial charge in [-0.25, -0.2) is 0 Å². The fraction of sp³-hybridized carbons (Fsp3) is 0.333. The van der Waals surface area contributed by atoms with Crippen molar-refractivity contribution in [2.24, 2.45) is 0 Å². The smallest absolute Gasteiger partial charge is 0.0409 e. The predicted molar refractivity (Wildman–Crippen MR) is 90.1 cm³/mol. The molecule has 0 heterocycles. The number of nitrogens with one attached hydrogen (secondary N) is 1. The molecule has 0 saturated carbocycles. The molecule has 110 valence electrons. The van der Waals surface area contributed by atoms with Gasteiger partial charge in [0.25, 0.3) is 0 Å². The fourth-order valence-electron chi connectivity index (χ4n) is 3.18. The van der Waals surface area contributed by atoms with E-state index in [-0.39, 0.29) is 0 Å². The number of halogens is 2. The maximum atomic E-state index is 6.12. The minimum absolute atomic E-state index is 0.329. The van der Waals surface area contributed by atoms with E-state index in [1.54, 1.807) is 0 Å². The minimum atomic E-state index is 0.329. The Labute approximate surface area is 136 Å². The Morgan fingerprint density at radius 2 is 1.95 bits per heavy atom. The van der Waals surface area contributed by atoms with Crippen LogP contribution in [0.3, 0.4) is 0 Å². The van der Waals surface area contributed by atoms with Crippen molar-refractivity contribution in [1.82, 2.24) is 5.32 Å². The summed E-state index contributed by atoms with van der Waals surface area (Å²) in [5, 5.41) is 5.41. The largest absolute Gasteiger partial charge is 0.303 e. The van der Waals surface area contributed by atoms with E-state index < -0.39 is 0 Å². The van der Waals surface area contributed by atoms with Gasteiger partial charge >= 0.3 is 0 Å². The molecule has 21 heavy (non-hydrogen) atoms. The van der Waals surface area contributed by atoms with Crippen molar-refractivity contribution >= 4 is 23.2 Å². The standard InChI is InChI=1S/C18H19Cl2N/c1-2-17(13-4-3-5-14(19)11-13)21-18-9-6-12-10-15(20)7-8-16(12)18/h3-5,7-8,10-11,17-18,21H,2,6,9H2,1H3. The molecule has 2 unspecified atom stereocenters. The molecule has 1 nitrogen and oxygen atoms in total. The summed E-state index contributed by atoms with van der Waals surface area (Å²) in [6.45, 7) is 2.20. The Hall–Kier alpha value is -1.02. The van der Waals surface area contributed by atoms with E-state index in [2.05, 4.69) is 36.5 Å². The Kier molecular flexibility index (Phi) is 4.54. The first-order chi connectivity index (χ1) is 10.2. The van der Waals surface area contributed by atoms with Crippen LogP contribution < -0.4 is 5.32 Å². The van der Waals surface area contributed by atoms with E-state index in [9.17, 15) is 0 Å². The average Bonchev–Trinajstić information content (AvgIpc) is 2.86. The molecule has 3 heteroatoms. The Balaban J connectivity index is 1.80. The van der Waals surface area contributed by atoms with Crippen LogP contribution in [0.25, 0.3) is 0 Å². The second kappa shape index (κ2) is 6.39. The fourth-order valence-corrected chi connectivity index (χ4v) is 3.57. The lowest BCUT2D eigenvalue weighted by Crippen LogP contribution is -2.24. The second-order valence-electron chi connectivity index (χ2n) is 5.62. The molecule has 2 atom stereocenters. The quantitative estimate of drug-likeness (QED) is 0.759. The SMILES string of the molecule is CCC(NC1CCc2cc(Cl)ccc21)c1cccc(Cl)c1. The van der Waals surface area contributed by atoms with Gasteiger partial charge < -0.3 is 5.32 Å². The van der Waals surface area contributed by atoms with Gasteiger partial charge in [-0.2, -0.15) is 0 Å². The van der Waals surface area contributed by atoms with Gasteiger partial charge in [0, 0.05) is 22.1 Å². The van der Waals surface area contributed by atoms with Crippen molar-refractivity contribution in [2.75, 3.05) is 0 Å². The van der Waals surface area contributed by atoms with Gasteiger partial charge in [-0.15, -0.1) is 0 Å². The molecule has 2 aromatic carbocycles. The van der Waals surface area contributed by atoms with E-state index in [4.69, 9.17) is 23.2 Å². The molecule has 0 fully saturated rings. The lowest BCUT2D eigenvalue weighted by atomic mass is 10.0. The summed E-state index contributed by atoms with van der Waals surface area (Å²) in [7, 11) is 0. The summed E-state index contributed by atoms with van der Waals surface area (Å²) in [6.07, 6.45) is 3.27. The van der Waals surface area contributed by atoms with Crippen LogP contribution in [-0.4, -0.2) is 0 Å². The summed E-state index contributed by atoms with van der Waals surface area (Å²) in [5.74, 6) is 0. The molecule has 2 aromatic rings. The topological polar surface area (TPSA) is 12.0 Å². The number of hydrogen-bond acceptors (Lipinski definition) is 1. The molecule has 0 amide bonds. The first kappa shape index (κ1) is 14.9. The van der Waals surface area contributed by atoms with Crippen LogP contribution in [0, 0.1) is 0 Å². The zero-order valence-corrected chi connectivity index (χ0v) is 13.6. The summed E-state index contributed by atoms with van der Waals surface area (Å²) in [4.78, 5) is 0. The van der Waals surface area contributed by atoms with Gasteiger partial charge in [0.2, 0.25) is 0 Å². The molecule has 0 aliphatic heterocycles. The van der Waals surface area contributed by atoms with Gasteiger partial charge in [-0.3, -0.25) is 0 Å². The van der Waals surface area contributed by atoms with Crippen LogP contribution >= 0.6 is 23.2 Å². The van der Waals surface area contributed by atoms with Crippen LogP contribution in [0.4, 0.5) is 0 Å². The highest BCUT2D eigenvalue weighted by atomic mass is 35.5. The minimum Gasteiger partial charge on any atom is -0.303 e. The second-order valence-corrected chi connectivity index (χ2v) is 6.49. The van der Waals surface area contributed by atoms with E-state index in [0.29, 0.717) is 12.1 Å². The molecule has 0 aromatic heterocycles. The van der Waals surface area contributed by atoms with Crippen LogP contribution in [0.1, 0.15) is 48.5 Å². The zero-order valence-electron chi connectivity index (χ0n) is 12.1. The Morgan fingerprint density at radius 1 is 1.14 bits per heavy atom. The van der Waals surface area contributed by atoms with Crippen LogP contribution in [-0.2, 0) is 6.42 Å². The third-order valence-corrected chi connectivity index (χ3v) is 4.71. The molecular weight excluding hydrogens is 301 g/mol. The van der Waals surface area contributed by atoms with Crippen LogP contribution in [0.2, 0.25) is 10.0 Å². The van der Waals surface area contributed by atoms with Crippen molar-refractivity contribution in [3.8, 4) is 0 Å². The first-order valence-corrected chi connectivity index (χ1v) is 8.23. The van der Waals surface area contributed by atoms with Crippen molar-refractivity contribution < 1.29 is 0 Å². The third-order valence-electron chi connectivity index (χ3n) is 4.24. The first-order valence-electron chi connectivity index (χ1n) is 7.47. The number of fused-ring (bicyclic) bond motifs is 1. The summed E-state index contributed by atoms with van der Waals surface area (Å²) < 4.78 is 0. The van der Waals surface area contributed by atoms with Crippen molar-refractivity contribution in [1.29, 1.82) is 0 Å². The number of hydrogen-bond donors (Lipinski definition) is 1. The number of benzene rings is 2. The number of rotatable bonds is 4. The highest BCUT2D eigenvalue weighted by Gasteiger charge is 2.24. The lowest BCUT2D eigenvalue weighted by molar-refractivity contribution is 0.433. The van der Waals surface area contributed by atoms with E-state index in [0.717, 1.165) is 29.3 Å². The normalized spacial score (nSPS) is 18.5. The van der Waals surface area contributed by atoms with Gasteiger partial charge in [-0.1, -0.05) is 48.3 Å². The zero-order chi connectivity index (χ0) is 14.8. The van der Waals surface area contributed by atoms with E-state index >= 15 is 0 Å². The molecule has 0 radical (unpaired) electrons.